The number of ether oxygens (including phenoxy) is 1. The normalized spacial score (nSPS) is 10.4. The van der Waals surface area contributed by atoms with Crippen LogP contribution in [0.2, 0.25) is 0 Å². The van der Waals surface area contributed by atoms with E-state index in [9.17, 15) is 9.59 Å². The van der Waals surface area contributed by atoms with E-state index in [4.69, 9.17) is 17.0 Å². The number of thiocarbonyl (C=S) groups is 1. The van der Waals surface area contributed by atoms with Crippen molar-refractivity contribution in [3.63, 3.8) is 0 Å². The molecule has 4 aromatic rings. The van der Waals surface area contributed by atoms with Crippen molar-refractivity contribution in [1.29, 1.82) is 0 Å². The van der Waals surface area contributed by atoms with E-state index in [1.165, 1.54) is 5.56 Å². The lowest BCUT2D eigenvalue weighted by atomic mass is 9.91. The Hall–Kier alpha value is -4.49. The highest BCUT2D eigenvalue weighted by Gasteiger charge is 2.22. The molecule has 0 aromatic heterocycles. The van der Waals surface area contributed by atoms with Gasteiger partial charge in [0.15, 0.2) is 5.11 Å². The maximum atomic E-state index is 13.1. The fraction of sp³-hybridized carbons (Fsp3) is 0.100. The van der Waals surface area contributed by atoms with Gasteiger partial charge in [-0.1, -0.05) is 97.1 Å². The topological polar surface area (TPSA) is 79.5 Å². The van der Waals surface area contributed by atoms with Crippen molar-refractivity contribution in [2.45, 2.75) is 12.3 Å². The van der Waals surface area contributed by atoms with Crippen molar-refractivity contribution in [3.8, 4) is 5.75 Å². The summed E-state index contributed by atoms with van der Waals surface area (Å²) in [6.07, 6.45) is 0.762. The SMILES string of the molecule is O=C(NC(=S)NNC(=O)C(c1ccccc1)c1ccccc1)c1cccc(OCCc2ccccc2)c1. The summed E-state index contributed by atoms with van der Waals surface area (Å²) in [7, 11) is 0. The quantitative estimate of drug-likeness (QED) is 0.235. The van der Waals surface area contributed by atoms with Gasteiger partial charge in [0, 0.05) is 12.0 Å². The summed E-state index contributed by atoms with van der Waals surface area (Å²) < 4.78 is 5.81. The summed E-state index contributed by atoms with van der Waals surface area (Å²) in [5.74, 6) is -0.673. The Kier molecular flexibility index (Phi) is 8.99. The molecule has 0 aliphatic heterocycles. The molecule has 0 unspecified atom stereocenters. The average molecular weight is 510 g/mol. The first-order chi connectivity index (χ1) is 18.1. The van der Waals surface area contributed by atoms with Gasteiger partial charge in [-0.3, -0.25) is 25.8 Å². The second kappa shape index (κ2) is 13.0. The van der Waals surface area contributed by atoms with Crippen LogP contribution < -0.4 is 20.9 Å². The zero-order chi connectivity index (χ0) is 25.9. The zero-order valence-electron chi connectivity index (χ0n) is 20.1. The van der Waals surface area contributed by atoms with E-state index < -0.39 is 11.8 Å². The highest BCUT2D eigenvalue weighted by molar-refractivity contribution is 7.80. The first kappa shape index (κ1) is 25.6. The van der Waals surface area contributed by atoms with Gasteiger partial charge in [0.2, 0.25) is 5.91 Å². The van der Waals surface area contributed by atoms with Gasteiger partial charge in [-0.25, -0.2) is 0 Å². The number of nitrogens with one attached hydrogen (secondary N) is 3. The van der Waals surface area contributed by atoms with E-state index >= 15 is 0 Å². The van der Waals surface area contributed by atoms with Gasteiger partial charge in [-0.15, -0.1) is 0 Å². The van der Waals surface area contributed by atoms with Gasteiger partial charge in [-0.05, 0) is 47.1 Å². The molecule has 0 saturated heterocycles. The molecule has 0 bridgehead atoms. The van der Waals surface area contributed by atoms with Crippen molar-refractivity contribution >= 4 is 29.1 Å². The number of amides is 2. The molecular formula is C30H27N3O3S. The molecule has 6 nitrogen and oxygen atoms in total. The molecule has 0 atom stereocenters. The molecule has 0 radical (unpaired) electrons. The number of carbonyl (C=O) groups excluding carboxylic acids is 2. The first-order valence-electron chi connectivity index (χ1n) is 11.9. The third-order valence-corrected chi connectivity index (χ3v) is 5.86. The Bertz CT molecular complexity index is 1290. The second-order valence-electron chi connectivity index (χ2n) is 8.26. The average Bonchev–Trinajstić information content (AvgIpc) is 2.94. The Labute approximate surface area is 221 Å². The minimum atomic E-state index is -0.543. The van der Waals surface area contributed by atoms with Crippen LogP contribution in [0.3, 0.4) is 0 Å². The summed E-state index contributed by atoms with van der Waals surface area (Å²) in [5, 5.41) is 2.57. The van der Waals surface area contributed by atoms with Crippen LogP contribution in [-0.2, 0) is 11.2 Å². The largest absolute Gasteiger partial charge is 0.493 e. The van der Waals surface area contributed by atoms with Crippen LogP contribution in [0.5, 0.6) is 5.75 Å². The molecule has 3 N–H and O–H groups in total. The van der Waals surface area contributed by atoms with E-state index in [2.05, 4.69) is 16.2 Å². The molecule has 4 rings (SSSR count). The molecule has 186 valence electrons. The Balaban J connectivity index is 1.31. The van der Waals surface area contributed by atoms with E-state index in [-0.39, 0.29) is 11.0 Å². The zero-order valence-corrected chi connectivity index (χ0v) is 20.9. The lowest BCUT2D eigenvalue weighted by Gasteiger charge is -2.19. The molecular weight excluding hydrogens is 482 g/mol. The Morgan fingerprint density at radius 2 is 1.32 bits per heavy atom. The summed E-state index contributed by atoms with van der Waals surface area (Å²) in [5.41, 5.74) is 8.51. The van der Waals surface area contributed by atoms with Gasteiger partial charge >= 0.3 is 0 Å². The Morgan fingerprint density at radius 1 is 0.730 bits per heavy atom. The smallest absolute Gasteiger partial charge is 0.257 e. The molecule has 0 spiro atoms. The van der Waals surface area contributed by atoms with Crippen molar-refractivity contribution in [3.05, 3.63) is 138 Å². The fourth-order valence-corrected chi connectivity index (χ4v) is 3.99. The van der Waals surface area contributed by atoms with Crippen LogP contribution in [0.4, 0.5) is 0 Å². The maximum Gasteiger partial charge on any atom is 0.257 e. The second-order valence-corrected chi connectivity index (χ2v) is 8.67. The molecule has 0 saturated carbocycles. The highest BCUT2D eigenvalue weighted by atomic mass is 32.1. The number of hydrogen-bond acceptors (Lipinski definition) is 4. The number of benzene rings is 4. The summed E-state index contributed by atoms with van der Waals surface area (Å²) in [6.45, 7) is 0.491. The number of hydrogen-bond donors (Lipinski definition) is 3. The van der Waals surface area contributed by atoms with E-state index in [1.807, 2.05) is 91.0 Å². The van der Waals surface area contributed by atoms with Crippen LogP contribution in [0, 0.1) is 0 Å². The summed E-state index contributed by atoms with van der Waals surface area (Å²) in [6, 6.07) is 35.8. The van der Waals surface area contributed by atoms with Gasteiger partial charge in [-0.2, -0.15) is 0 Å². The van der Waals surface area contributed by atoms with Gasteiger partial charge in [0.05, 0.1) is 12.5 Å². The molecule has 37 heavy (non-hydrogen) atoms. The standard InChI is InChI=1S/C30H27N3O3S/c34-28(25-17-10-18-26(21-25)36-20-19-22-11-4-1-5-12-22)31-30(37)33-32-29(35)27(23-13-6-2-7-14-23)24-15-8-3-9-16-24/h1-18,21,27H,19-20H2,(H,32,35)(H2,31,33,34,37). The van der Waals surface area contributed by atoms with Crippen molar-refractivity contribution < 1.29 is 14.3 Å². The maximum absolute atomic E-state index is 13.1. The summed E-state index contributed by atoms with van der Waals surface area (Å²) in [4.78, 5) is 25.8. The molecule has 2 amide bonds. The number of rotatable bonds is 8. The number of hydrazine groups is 1. The molecule has 4 aromatic carbocycles. The first-order valence-corrected chi connectivity index (χ1v) is 12.3. The summed E-state index contributed by atoms with van der Waals surface area (Å²) >= 11 is 5.24. The monoisotopic (exact) mass is 509 g/mol. The lowest BCUT2D eigenvalue weighted by Crippen LogP contribution is -2.49. The molecule has 0 heterocycles. The molecule has 7 heteroatoms. The predicted molar refractivity (Wildman–Crippen MR) is 148 cm³/mol. The van der Waals surface area contributed by atoms with Crippen LogP contribution in [-0.4, -0.2) is 23.5 Å². The van der Waals surface area contributed by atoms with Crippen LogP contribution in [0.25, 0.3) is 0 Å². The lowest BCUT2D eigenvalue weighted by molar-refractivity contribution is -0.122. The van der Waals surface area contributed by atoms with Gasteiger partial charge < -0.3 is 4.74 Å². The fourth-order valence-electron chi connectivity index (χ4n) is 3.84. The van der Waals surface area contributed by atoms with Gasteiger partial charge in [0.25, 0.3) is 5.91 Å². The van der Waals surface area contributed by atoms with Crippen molar-refractivity contribution in [2.75, 3.05) is 6.61 Å². The van der Waals surface area contributed by atoms with Crippen molar-refractivity contribution in [1.82, 2.24) is 16.2 Å². The van der Waals surface area contributed by atoms with E-state index in [0.717, 1.165) is 17.5 Å². The van der Waals surface area contributed by atoms with E-state index in [1.54, 1.807) is 24.3 Å². The Morgan fingerprint density at radius 3 is 1.95 bits per heavy atom. The molecule has 0 aliphatic carbocycles. The predicted octanol–water partition coefficient (Wildman–Crippen LogP) is 4.78. The van der Waals surface area contributed by atoms with Crippen LogP contribution >= 0.6 is 12.2 Å². The third kappa shape index (κ3) is 7.49. The van der Waals surface area contributed by atoms with Crippen LogP contribution in [0.15, 0.2) is 115 Å². The minimum Gasteiger partial charge on any atom is -0.493 e. The van der Waals surface area contributed by atoms with E-state index in [0.29, 0.717) is 17.9 Å². The van der Waals surface area contributed by atoms with Crippen LogP contribution in [0.1, 0.15) is 33.0 Å². The number of carbonyl (C=O) groups is 2. The molecule has 0 fully saturated rings. The minimum absolute atomic E-state index is 0.0198. The third-order valence-electron chi connectivity index (χ3n) is 5.65. The highest BCUT2D eigenvalue weighted by Crippen LogP contribution is 2.24. The van der Waals surface area contributed by atoms with Gasteiger partial charge in [0.1, 0.15) is 5.75 Å². The molecule has 0 aliphatic rings. The van der Waals surface area contributed by atoms with Crippen molar-refractivity contribution in [2.24, 2.45) is 0 Å².